The van der Waals surface area contributed by atoms with Gasteiger partial charge in [0.2, 0.25) is 0 Å². The fourth-order valence-electron chi connectivity index (χ4n) is 3.59. The molecule has 1 aromatic carbocycles. The minimum atomic E-state index is -0.560. The van der Waals surface area contributed by atoms with Crippen LogP contribution in [0.25, 0.3) is 0 Å². The summed E-state index contributed by atoms with van der Waals surface area (Å²) < 4.78 is 11.1. The molecule has 0 aromatic heterocycles. The molecule has 3 rings (SSSR count). The third-order valence-electron chi connectivity index (χ3n) is 4.85. The molecular weight excluding hydrogens is 292 g/mol. The Bertz CT molecular complexity index is 579. The maximum atomic E-state index is 12.2. The minimum absolute atomic E-state index is 0.0655. The average Bonchev–Trinajstić information content (AvgIpc) is 3.02. The zero-order valence-electron chi connectivity index (χ0n) is 14.1. The molecule has 0 bridgehead atoms. The van der Waals surface area contributed by atoms with Crippen molar-refractivity contribution in [3.05, 3.63) is 35.4 Å². The first-order chi connectivity index (χ1) is 10.9. The molecular formula is C18H26N2O3. The van der Waals surface area contributed by atoms with E-state index in [1.165, 1.54) is 11.1 Å². The van der Waals surface area contributed by atoms with Crippen LogP contribution in [0.4, 0.5) is 4.79 Å². The summed E-state index contributed by atoms with van der Waals surface area (Å²) >= 11 is 0. The van der Waals surface area contributed by atoms with Crippen molar-refractivity contribution >= 4 is 6.03 Å². The highest BCUT2D eigenvalue weighted by atomic mass is 16.7. The van der Waals surface area contributed by atoms with Crippen LogP contribution in [0.5, 0.6) is 0 Å². The van der Waals surface area contributed by atoms with Crippen LogP contribution in [0.3, 0.4) is 0 Å². The number of carbonyl (C=O) groups excluding carboxylic acids is 1. The number of nitrogens with one attached hydrogen (secondary N) is 2. The number of benzene rings is 1. The van der Waals surface area contributed by atoms with Crippen LogP contribution in [0.1, 0.15) is 50.8 Å². The summed E-state index contributed by atoms with van der Waals surface area (Å²) in [6.45, 7) is 8.13. The van der Waals surface area contributed by atoms with Crippen molar-refractivity contribution in [1.29, 1.82) is 0 Å². The predicted octanol–water partition coefficient (Wildman–Crippen LogP) is 2.86. The van der Waals surface area contributed by atoms with E-state index >= 15 is 0 Å². The Kier molecular flexibility index (Phi) is 4.34. The molecule has 2 aliphatic rings. The molecule has 1 heterocycles. The van der Waals surface area contributed by atoms with E-state index in [4.69, 9.17) is 9.47 Å². The van der Waals surface area contributed by atoms with E-state index in [0.29, 0.717) is 26.2 Å². The maximum Gasteiger partial charge on any atom is 0.315 e. The fourth-order valence-corrected chi connectivity index (χ4v) is 3.59. The second-order valence-electron chi connectivity index (χ2n) is 7.21. The number of carbonyl (C=O) groups is 1. The number of ether oxygens (including phenoxy) is 2. The van der Waals surface area contributed by atoms with Crippen LogP contribution < -0.4 is 10.6 Å². The molecule has 1 aliphatic carbocycles. The van der Waals surface area contributed by atoms with Crippen molar-refractivity contribution in [2.75, 3.05) is 19.8 Å². The zero-order valence-corrected chi connectivity index (χ0v) is 14.1. The van der Waals surface area contributed by atoms with E-state index in [-0.39, 0.29) is 17.5 Å². The number of fused-ring (bicyclic) bond motifs is 1. The van der Waals surface area contributed by atoms with Crippen molar-refractivity contribution in [1.82, 2.24) is 10.6 Å². The van der Waals surface area contributed by atoms with Crippen LogP contribution in [0, 0.1) is 0 Å². The van der Waals surface area contributed by atoms with Gasteiger partial charge in [0.05, 0.1) is 19.3 Å². The van der Waals surface area contributed by atoms with Gasteiger partial charge in [-0.2, -0.15) is 0 Å². The van der Waals surface area contributed by atoms with Gasteiger partial charge in [-0.25, -0.2) is 4.79 Å². The van der Waals surface area contributed by atoms with E-state index in [0.717, 1.165) is 6.42 Å². The predicted molar refractivity (Wildman–Crippen MR) is 88.3 cm³/mol. The number of rotatable bonds is 4. The second kappa shape index (κ2) is 6.13. The van der Waals surface area contributed by atoms with Crippen LogP contribution in [-0.2, 0) is 14.9 Å². The van der Waals surface area contributed by atoms with Gasteiger partial charge in [-0.15, -0.1) is 0 Å². The molecule has 2 amide bonds. The lowest BCUT2D eigenvalue weighted by Crippen LogP contribution is -2.40. The van der Waals surface area contributed by atoms with Gasteiger partial charge in [0.1, 0.15) is 0 Å². The molecule has 0 radical (unpaired) electrons. The molecule has 1 atom stereocenters. The summed E-state index contributed by atoms with van der Waals surface area (Å²) in [5, 5.41) is 6.01. The maximum absolute atomic E-state index is 12.2. The first kappa shape index (κ1) is 16.3. The second-order valence-corrected chi connectivity index (χ2v) is 7.21. The average molecular weight is 318 g/mol. The van der Waals surface area contributed by atoms with E-state index in [2.05, 4.69) is 42.7 Å². The monoisotopic (exact) mass is 318 g/mol. The lowest BCUT2D eigenvalue weighted by atomic mass is 9.86. The van der Waals surface area contributed by atoms with Crippen molar-refractivity contribution in [3.63, 3.8) is 0 Å². The molecule has 2 N–H and O–H groups in total. The van der Waals surface area contributed by atoms with E-state index in [1.807, 2.05) is 13.0 Å². The van der Waals surface area contributed by atoms with Crippen LogP contribution in [0.2, 0.25) is 0 Å². The zero-order chi connectivity index (χ0) is 16.5. The highest BCUT2D eigenvalue weighted by molar-refractivity contribution is 5.74. The third-order valence-corrected chi connectivity index (χ3v) is 4.85. The summed E-state index contributed by atoms with van der Waals surface area (Å²) in [7, 11) is 0. The van der Waals surface area contributed by atoms with Crippen molar-refractivity contribution in [2.24, 2.45) is 0 Å². The smallest absolute Gasteiger partial charge is 0.315 e. The van der Waals surface area contributed by atoms with Gasteiger partial charge in [0.25, 0.3) is 0 Å². The van der Waals surface area contributed by atoms with Gasteiger partial charge in [-0.3, -0.25) is 0 Å². The number of amides is 2. The van der Waals surface area contributed by atoms with Crippen LogP contribution >= 0.6 is 0 Å². The largest absolute Gasteiger partial charge is 0.348 e. The fraction of sp³-hybridized carbons (Fsp3) is 0.611. The van der Waals surface area contributed by atoms with Gasteiger partial charge in [-0.05, 0) is 29.9 Å². The molecule has 5 heteroatoms. The summed E-state index contributed by atoms with van der Waals surface area (Å²) in [6, 6.07) is 8.29. The van der Waals surface area contributed by atoms with Crippen molar-refractivity contribution in [2.45, 2.75) is 50.9 Å². The Morgan fingerprint density at radius 3 is 2.65 bits per heavy atom. The molecule has 1 saturated heterocycles. The molecule has 1 aliphatic heterocycles. The summed E-state index contributed by atoms with van der Waals surface area (Å²) in [5.41, 5.74) is 2.64. The standard InChI is InChI=1S/C18H26N2O3/c1-17(2)12-15(13-6-4-5-7-14(13)17)20-16(21)19-9-8-18(3)22-10-11-23-18/h4-7,15H,8-12H2,1-3H3,(H2,19,20,21). The van der Waals surface area contributed by atoms with E-state index in [9.17, 15) is 4.79 Å². The van der Waals surface area contributed by atoms with Crippen LogP contribution in [0.15, 0.2) is 24.3 Å². The van der Waals surface area contributed by atoms with Crippen LogP contribution in [-0.4, -0.2) is 31.6 Å². The summed E-state index contributed by atoms with van der Waals surface area (Å²) in [5.74, 6) is -0.560. The molecule has 1 unspecified atom stereocenters. The number of urea groups is 1. The normalized spacial score (nSPS) is 24.2. The molecule has 126 valence electrons. The van der Waals surface area contributed by atoms with Gasteiger partial charge in [0, 0.05) is 13.0 Å². The molecule has 0 spiro atoms. The highest BCUT2D eigenvalue weighted by Crippen LogP contribution is 2.44. The van der Waals surface area contributed by atoms with Crippen molar-refractivity contribution in [3.8, 4) is 0 Å². The molecule has 5 nitrogen and oxygen atoms in total. The number of hydrogen-bond donors (Lipinski definition) is 2. The highest BCUT2D eigenvalue weighted by Gasteiger charge is 2.37. The lowest BCUT2D eigenvalue weighted by Gasteiger charge is -2.23. The van der Waals surface area contributed by atoms with E-state index < -0.39 is 5.79 Å². The molecule has 1 fully saturated rings. The topological polar surface area (TPSA) is 59.6 Å². The summed E-state index contributed by atoms with van der Waals surface area (Å²) in [4.78, 5) is 12.2. The van der Waals surface area contributed by atoms with Gasteiger partial charge in [-0.1, -0.05) is 38.1 Å². The Balaban J connectivity index is 1.53. The minimum Gasteiger partial charge on any atom is -0.348 e. The van der Waals surface area contributed by atoms with Gasteiger partial charge < -0.3 is 20.1 Å². The Hall–Kier alpha value is -1.59. The SMILES string of the molecule is CC1(CCNC(=O)NC2CC(C)(C)c3ccccc32)OCCO1. The quantitative estimate of drug-likeness (QED) is 0.897. The van der Waals surface area contributed by atoms with Gasteiger partial charge >= 0.3 is 6.03 Å². The first-order valence-corrected chi connectivity index (χ1v) is 8.31. The van der Waals surface area contributed by atoms with E-state index in [1.54, 1.807) is 0 Å². The summed E-state index contributed by atoms with van der Waals surface area (Å²) in [6.07, 6.45) is 1.57. The lowest BCUT2D eigenvalue weighted by molar-refractivity contribution is -0.145. The third kappa shape index (κ3) is 3.51. The van der Waals surface area contributed by atoms with Crippen molar-refractivity contribution < 1.29 is 14.3 Å². The van der Waals surface area contributed by atoms with Gasteiger partial charge in [0.15, 0.2) is 5.79 Å². The first-order valence-electron chi connectivity index (χ1n) is 8.31. The number of hydrogen-bond acceptors (Lipinski definition) is 3. The Labute approximate surface area is 137 Å². The molecule has 1 aromatic rings. The Morgan fingerprint density at radius 2 is 1.91 bits per heavy atom. The molecule has 23 heavy (non-hydrogen) atoms. The Morgan fingerprint density at radius 1 is 1.22 bits per heavy atom. The molecule has 0 saturated carbocycles.